The van der Waals surface area contributed by atoms with E-state index in [4.69, 9.17) is 4.74 Å². The first-order chi connectivity index (χ1) is 10.3. The zero-order chi connectivity index (χ0) is 14.7. The highest BCUT2D eigenvalue weighted by Crippen LogP contribution is 2.19. The Labute approximate surface area is 120 Å². The minimum absolute atomic E-state index is 0.319. The second-order valence-corrected chi connectivity index (χ2v) is 4.43. The molecule has 0 aliphatic heterocycles. The molecule has 8 heteroatoms. The number of aromatic amines is 1. The zero-order valence-electron chi connectivity index (χ0n) is 11.4. The molecule has 108 valence electrons. The number of H-pyrrole nitrogens is 1. The van der Waals surface area contributed by atoms with Gasteiger partial charge in [0, 0.05) is 18.3 Å². The number of ether oxygens (including phenoxy) is 1. The molecule has 3 aromatic rings. The van der Waals surface area contributed by atoms with E-state index in [2.05, 4.69) is 24.9 Å². The molecule has 0 fully saturated rings. The predicted octanol–water partition coefficient (Wildman–Crippen LogP) is 0.896. The third kappa shape index (κ3) is 2.60. The molecule has 0 radical (unpaired) electrons. The topological polar surface area (TPSA) is 98.6 Å². The molecule has 0 spiro atoms. The number of carbonyl (C=O) groups is 1. The molecule has 1 unspecified atom stereocenters. The average molecular weight is 286 g/mol. The molecular weight excluding hydrogens is 272 g/mol. The van der Waals surface area contributed by atoms with Crippen molar-refractivity contribution in [2.45, 2.75) is 19.4 Å². The Bertz CT molecular complexity index is 736. The van der Waals surface area contributed by atoms with Gasteiger partial charge in [-0.2, -0.15) is 0 Å². The van der Waals surface area contributed by atoms with Crippen molar-refractivity contribution in [3.8, 4) is 0 Å². The SMILES string of the molecule is CCOC(=O)C(Cc1cnc[nH]1)n1cnc2cncnc21. The molecule has 0 aliphatic carbocycles. The third-order valence-electron chi connectivity index (χ3n) is 3.10. The van der Waals surface area contributed by atoms with Gasteiger partial charge < -0.3 is 14.3 Å². The smallest absolute Gasteiger partial charge is 0.329 e. The van der Waals surface area contributed by atoms with Crippen molar-refractivity contribution >= 4 is 17.1 Å². The molecule has 0 aromatic carbocycles. The lowest BCUT2D eigenvalue weighted by Gasteiger charge is -2.16. The van der Waals surface area contributed by atoms with Crippen LogP contribution < -0.4 is 0 Å². The molecule has 0 bridgehead atoms. The fourth-order valence-electron chi connectivity index (χ4n) is 2.15. The Kier molecular flexibility index (Phi) is 3.59. The van der Waals surface area contributed by atoms with Gasteiger partial charge in [0.05, 0.1) is 25.5 Å². The van der Waals surface area contributed by atoms with Crippen molar-refractivity contribution in [2.24, 2.45) is 0 Å². The number of fused-ring (bicyclic) bond motifs is 1. The van der Waals surface area contributed by atoms with E-state index in [1.54, 1.807) is 36.5 Å². The minimum Gasteiger partial charge on any atom is -0.464 e. The summed E-state index contributed by atoms with van der Waals surface area (Å²) in [6, 6.07) is -0.551. The molecule has 3 rings (SSSR count). The van der Waals surface area contributed by atoms with Crippen molar-refractivity contribution < 1.29 is 9.53 Å². The van der Waals surface area contributed by atoms with Gasteiger partial charge in [-0.05, 0) is 6.92 Å². The lowest BCUT2D eigenvalue weighted by molar-refractivity contribution is -0.147. The Balaban J connectivity index is 1.99. The van der Waals surface area contributed by atoms with Gasteiger partial charge in [0.2, 0.25) is 0 Å². The van der Waals surface area contributed by atoms with Crippen molar-refractivity contribution in [3.63, 3.8) is 0 Å². The van der Waals surface area contributed by atoms with Gasteiger partial charge in [0.25, 0.3) is 0 Å². The Morgan fingerprint density at radius 1 is 1.38 bits per heavy atom. The maximum atomic E-state index is 12.3. The number of hydrogen-bond acceptors (Lipinski definition) is 6. The molecular formula is C13H14N6O2. The Morgan fingerprint density at radius 3 is 3.05 bits per heavy atom. The van der Waals surface area contributed by atoms with Crippen molar-refractivity contribution in [1.82, 2.24) is 29.5 Å². The first-order valence-electron chi connectivity index (χ1n) is 6.56. The van der Waals surface area contributed by atoms with Crippen LogP contribution in [0.15, 0.2) is 31.4 Å². The lowest BCUT2D eigenvalue weighted by Crippen LogP contribution is -2.24. The summed E-state index contributed by atoms with van der Waals surface area (Å²) in [5.41, 5.74) is 2.07. The van der Waals surface area contributed by atoms with Gasteiger partial charge in [0.15, 0.2) is 5.65 Å². The summed E-state index contributed by atoms with van der Waals surface area (Å²) in [5, 5.41) is 0. The zero-order valence-corrected chi connectivity index (χ0v) is 11.4. The van der Waals surface area contributed by atoms with E-state index in [9.17, 15) is 4.79 Å². The van der Waals surface area contributed by atoms with E-state index in [1.165, 1.54) is 6.33 Å². The second-order valence-electron chi connectivity index (χ2n) is 4.43. The Hall–Kier alpha value is -2.77. The third-order valence-corrected chi connectivity index (χ3v) is 3.10. The summed E-state index contributed by atoms with van der Waals surface area (Å²) in [5.74, 6) is -0.329. The quantitative estimate of drug-likeness (QED) is 0.699. The van der Waals surface area contributed by atoms with E-state index < -0.39 is 6.04 Å². The molecule has 0 saturated carbocycles. The highest BCUT2D eigenvalue weighted by Gasteiger charge is 2.25. The number of nitrogens with one attached hydrogen (secondary N) is 1. The normalized spacial score (nSPS) is 12.4. The molecule has 8 nitrogen and oxygen atoms in total. The monoisotopic (exact) mass is 286 g/mol. The molecule has 0 aliphatic rings. The predicted molar refractivity (Wildman–Crippen MR) is 73.3 cm³/mol. The van der Waals surface area contributed by atoms with Crippen LogP contribution in [-0.2, 0) is 16.0 Å². The molecule has 1 N–H and O–H groups in total. The second kappa shape index (κ2) is 5.70. The van der Waals surface area contributed by atoms with Gasteiger partial charge in [-0.15, -0.1) is 0 Å². The number of aromatic nitrogens is 6. The average Bonchev–Trinajstić information content (AvgIpc) is 3.14. The molecule has 0 saturated heterocycles. The van der Waals surface area contributed by atoms with E-state index in [-0.39, 0.29) is 5.97 Å². The van der Waals surface area contributed by atoms with Crippen LogP contribution in [-0.4, -0.2) is 42.1 Å². The van der Waals surface area contributed by atoms with Crippen LogP contribution in [0.3, 0.4) is 0 Å². The molecule has 21 heavy (non-hydrogen) atoms. The highest BCUT2D eigenvalue weighted by atomic mass is 16.5. The van der Waals surface area contributed by atoms with Crippen LogP contribution in [0.5, 0.6) is 0 Å². The maximum Gasteiger partial charge on any atom is 0.329 e. The van der Waals surface area contributed by atoms with Gasteiger partial charge in [0.1, 0.15) is 17.9 Å². The number of nitrogens with zero attached hydrogens (tertiary/aromatic N) is 5. The van der Waals surface area contributed by atoms with E-state index in [1.807, 2.05) is 0 Å². The number of imidazole rings is 2. The van der Waals surface area contributed by atoms with Gasteiger partial charge in [-0.25, -0.2) is 24.7 Å². The first kappa shape index (κ1) is 13.2. The first-order valence-corrected chi connectivity index (χ1v) is 6.56. The lowest BCUT2D eigenvalue weighted by atomic mass is 10.1. The fraction of sp³-hybridized carbons (Fsp3) is 0.308. The summed E-state index contributed by atoms with van der Waals surface area (Å²) < 4.78 is 6.86. The van der Waals surface area contributed by atoms with Crippen LogP contribution >= 0.6 is 0 Å². The van der Waals surface area contributed by atoms with Crippen LogP contribution in [0.2, 0.25) is 0 Å². The van der Waals surface area contributed by atoms with Gasteiger partial charge in [-0.1, -0.05) is 0 Å². The van der Waals surface area contributed by atoms with Gasteiger partial charge >= 0.3 is 5.97 Å². The molecule has 0 amide bonds. The van der Waals surface area contributed by atoms with Crippen LogP contribution in [0.4, 0.5) is 0 Å². The summed E-state index contributed by atoms with van der Waals surface area (Å²) >= 11 is 0. The van der Waals surface area contributed by atoms with E-state index in [0.717, 1.165) is 5.69 Å². The summed E-state index contributed by atoms with van der Waals surface area (Å²) in [4.78, 5) is 31.5. The Morgan fingerprint density at radius 2 is 2.29 bits per heavy atom. The fourth-order valence-corrected chi connectivity index (χ4v) is 2.15. The number of hydrogen-bond donors (Lipinski definition) is 1. The number of rotatable bonds is 5. The van der Waals surface area contributed by atoms with E-state index in [0.29, 0.717) is 24.2 Å². The molecule has 3 heterocycles. The number of esters is 1. The van der Waals surface area contributed by atoms with Crippen molar-refractivity contribution in [3.05, 3.63) is 37.1 Å². The summed E-state index contributed by atoms with van der Waals surface area (Å²) in [6.45, 7) is 2.10. The van der Waals surface area contributed by atoms with Crippen molar-refractivity contribution in [2.75, 3.05) is 6.61 Å². The number of carbonyl (C=O) groups excluding carboxylic acids is 1. The summed E-state index contributed by atoms with van der Waals surface area (Å²) in [6.07, 6.45) is 8.30. The summed E-state index contributed by atoms with van der Waals surface area (Å²) in [7, 11) is 0. The largest absolute Gasteiger partial charge is 0.464 e. The highest BCUT2D eigenvalue weighted by molar-refractivity contribution is 5.78. The van der Waals surface area contributed by atoms with Crippen LogP contribution in [0.1, 0.15) is 18.7 Å². The maximum absolute atomic E-state index is 12.3. The van der Waals surface area contributed by atoms with Gasteiger partial charge in [-0.3, -0.25) is 0 Å². The van der Waals surface area contributed by atoms with Crippen LogP contribution in [0, 0.1) is 0 Å². The van der Waals surface area contributed by atoms with Crippen molar-refractivity contribution in [1.29, 1.82) is 0 Å². The standard InChI is InChI=1S/C13H14N6O2/c1-2-21-13(20)11(3-9-4-14-6-16-9)19-8-18-10-5-15-7-17-12(10)19/h4-8,11H,2-3H2,1H3,(H,14,16). The minimum atomic E-state index is -0.551. The van der Waals surface area contributed by atoms with E-state index >= 15 is 0 Å². The molecule has 1 atom stereocenters. The molecule has 3 aromatic heterocycles. The van der Waals surface area contributed by atoms with Crippen LogP contribution in [0.25, 0.3) is 11.2 Å².